The minimum absolute atomic E-state index is 0.0521. The molecule has 1 unspecified atom stereocenters. The lowest BCUT2D eigenvalue weighted by atomic mass is 10.1. The van der Waals surface area contributed by atoms with Crippen LogP contribution in [-0.2, 0) is 16.1 Å². The van der Waals surface area contributed by atoms with Crippen molar-refractivity contribution in [3.05, 3.63) is 59.7 Å². The van der Waals surface area contributed by atoms with Crippen LogP contribution in [0.2, 0.25) is 0 Å². The number of carbonyl (C=O) groups is 2. The molecule has 0 radical (unpaired) electrons. The molecule has 0 saturated heterocycles. The lowest BCUT2D eigenvalue weighted by molar-refractivity contribution is -0.130. The number of benzene rings is 2. The monoisotopic (exact) mass is 363 g/mol. The SMILES string of the molecule is CC1Oc2ccccc2N(CCC(=O)N(C)Cc2ccc(C#N)cc2)C1=O. The molecule has 3 rings (SSSR count). The molecule has 1 aliphatic rings. The topological polar surface area (TPSA) is 73.6 Å². The summed E-state index contributed by atoms with van der Waals surface area (Å²) in [6.07, 6.45) is -0.342. The van der Waals surface area contributed by atoms with E-state index in [4.69, 9.17) is 10.00 Å². The molecule has 0 aliphatic carbocycles. The first-order chi connectivity index (χ1) is 13.0. The van der Waals surface area contributed by atoms with Gasteiger partial charge in [-0.2, -0.15) is 5.26 Å². The normalized spacial score (nSPS) is 15.5. The number of carbonyl (C=O) groups excluding carboxylic acids is 2. The summed E-state index contributed by atoms with van der Waals surface area (Å²) in [5.74, 6) is 0.461. The third-order valence-electron chi connectivity index (χ3n) is 4.55. The summed E-state index contributed by atoms with van der Waals surface area (Å²) in [5, 5.41) is 8.85. The number of fused-ring (bicyclic) bond motifs is 1. The Kier molecular flexibility index (Phi) is 5.41. The first-order valence-corrected chi connectivity index (χ1v) is 8.79. The van der Waals surface area contributed by atoms with Gasteiger partial charge in [-0.25, -0.2) is 0 Å². The van der Waals surface area contributed by atoms with Gasteiger partial charge in [-0.15, -0.1) is 0 Å². The van der Waals surface area contributed by atoms with Gasteiger partial charge < -0.3 is 14.5 Å². The van der Waals surface area contributed by atoms with Crippen molar-refractivity contribution < 1.29 is 14.3 Å². The lowest BCUT2D eigenvalue weighted by Gasteiger charge is -2.33. The zero-order chi connectivity index (χ0) is 19.4. The number of ether oxygens (including phenoxy) is 1. The van der Waals surface area contributed by atoms with E-state index in [2.05, 4.69) is 6.07 Å². The molecule has 0 bridgehead atoms. The van der Waals surface area contributed by atoms with Gasteiger partial charge in [0.1, 0.15) is 5.75 Å². The Balaban J connectivity index is 1.62. The molecule has 0 N–H and O–H groups in total. The van der Waals surface area contributed by atoms with E-state index in [1.807, 2.05) is 36.4 Å². The van der Waals surface area contributed by atoms with Gasteiger partial charge in [0.05, 0.1) is 17.3 Å². The highest BCUT2D eigenvalue weighted by molar-refractivity contribution is 6.00. The van der Waals surface area contributed by atoms with Gasteiger partial charge in [0, 0.05) is 26.6 Å². The Labute approximate surface area is 158 Å². The summed E-state index contributed by atoms with van der Waals surface area (Å²) < 4.78 is 5.62. The number of nitrogens with zero attached hydrogens (tertiary/aromatic N) is 3. The zero-order valence-corrected chi connectivity index (χ0v) is 15.4. The predicted octanol–water partition coefficient (Wildman–Crippen LogP) is 2.72. The summed E-state index contributed by atoms with van der Waals surface area (Å²) in [4.78, 5) is 28.2. The Bertz CT molecular complexity index is 886. The lowest BCUT2D eigenvalue weighted by Crippen LogP contribution is -2.45. The van der Waals surface area contributed by atoms with Gasteiger partial charge in [-0.3, -0.25) is 9.59 Å². The highest BCUT2D eigenvalue weighted by atomic mass is 16.5. The van der Waals surface area contributed by atoms with Gasteiger partial charge in [0.15, 0.2) is 6.10 Å². The minimum atomic E-state index is -0.564. The van der Waals surface area contributed by atoms with Gasteiger partial charge in [0.25, 0.3) is 5.91 Å². The second-order valence-corrected chi connectivity index (χ2v) is 6.53. The van der Waals surface area contributed by atoms with Crippen molar-refractivity contribution >= 4 is 17.5 Å². The van der Waals surface area contributed by atoms with Gasteiger partial charge in [0.2, 0.25) is 5.91 Å². The van der Waals surface area contributed by atoms with Crippen LogP contribution in [0.3, 0.4) is 0 Å². The fourth-order valence-electron chi connectivity index (χ4n) is 3.03. The van der Waals surface area contributed by atoms with Gasteiger partial charge in [-0.05, 0) is 36.8 Å². The average Bonchev–Trinajstić information content (AvgIpc) is 2.68. The third kappa shape index (κ3) is 4.09. The maximum Gasteiger partial charge on any atom is 0.267 e. The number of hydrogen-bond acceptors (Lipinski definition) is 4. The summed E-state index contributed by atoms with van der Waals surface area (Å²) >= 11 is 0. The van der Waals surface area contributed by atoms with E-state index >= 15 is 0 Å². The molecule has 1 aliphatic heterocycles. The molecule has 0 spiro atoms. The first-order valence-electron chi connectivity index (χ1n) is 8.79. The smallest absolute Gasteiger partial charge is 0.267 e. The molecule has 1 atom stereocenters. The molecular weight excluding hydrogens is 342 g/mol. The van der Waals surface area contributed by atoms with E-state index in [1.54, 1.807) is 35.9 Å². The third-order valence-corrected chi connectivity index (χ3v) is 4.55. The minimum Gasteiger partial charge on any atom is -0.479 e. The van der Waals surface area contributed by atoms with Gasteiger partial charge in [-0.1, -0.05) is 24.3 Å². The van der Waals surface area contributed by atoms with Crippen LogP contribution in [-0.4, -0.2) is 36.4 Å². The molecular formula is C21H21N3O3. The van der Waals surface area contributed by atoms with Crippen molar-refractivity contribution in [2.45, 2.75) is 26.0 Å². The van der Waals surface area contributed by atoms with Crippen molar-refractivity contribution in [3.63, 3.8) is 0 Å². The van der Waals surface area contributed by atoms with E-state index in [9.17, 15) is 9.59 Å². The van der Waals surface area contributed by atoms with Crippen molar-refractivity contribution in [1.82, 2.24) is 4.90 Å². The van der Waals surface area contributed by atoms with Crippen LogP contribution < -0.4 is 9.64 Å². The Morgan fingerprint density at radius 1 is 1.22 bits per heavy atom. The fraction of sp³-hybridized carbons (Fsp3) is 0.286. The molecule has 2 aromatic carbocycles. The number of rotatable bonds is 5. The van der Waals surface area contributed by atoms with Crippen LogP contribution >= 0.6 is 0 Å². The highest BCUT2D eigenvalue weighted by Crippen LogP contribution is 2.33. The van der Waals surface area contributed by atoms with Crippen molar-refractivity contribution in [2.75, 3.05) is 18.5 Å². The van der Waals surface area contributed by atoms with Crippen LogP contribution in [0, 0.1) is 11.3 Å². The van der Waals surface area contributed by atoms with E-state index in [-0.39, 0.29) is 18.2 Å². The number of para-hydroxylation sites is 2. The van der Waals surface area contributed by atoms with Gasteiger partial charge >= 0.3 is 0 Å². The molecule has 0 fully saturated rings. The standard InChI is InChI=1S/C21H21N3O3/c1-15-21(26)24(18-5-3-4-6-19(18)27-15)12-11-20(25)23(2)14-17-9-7-16(13-22)8-10-17/h3-10,15H,11-12,14H2,1-2H3. The molecule has 0 saturated carbocycles. The Morgan fingerprint density at radius 2 is 1.93 bits per heavy atom. The molecule has 6 heteroatoms. The number of hydrogen-bond donors (Lipinski definition) is 0. The fourth-order valence-corrected chi connectivity index (χ4v) is 3.03. The molecule has 27 heavy (non-hydrogen) atoms. The number of amides is 2. The average molecular weight is 363 g/mol. The molecule has 2 aromatic rings. The van der Waals surface area contributed by atoms with Crippen molar-refractivity contribution in [3.8, 4) is 11.8 Å². The summed E-state index contributed by atoms with van der Waals surface area (Å²) in [6.45, 7) is 2.47. The van der Waals surface area contributed by atoms with E-state index < -0.39 is 6.10 Å². The van der Waals surface area contributed by atoms with Crippen LogP contribution in [0.4, 0.5) is 5.69 Å². The van der Waals surface area contributed by atoms with E-state index in [1.165, 1.54) is 0 Å². The van der Waals surface area contributed by atoms with Crippen LogP contribution in [0.1, 0.15) is 24.5 Å². The summed E-state index contributed by atoms with van der Waals surface area (Å²) in [7, 11) is 1.73. The molecule has 1 heterocycles. The molecule has 2 amide bonds. The first kappa shape index (κ1) is 18.5. The quantitative estimate of drug-likeness (QED) is 0.819. The Hall–Kier alpha value is -3.33. The van der Waals surface area contributed by atoms with Crippen LogP contribution in [0.15, 0.2) is 48.5 Å². The van der Waals surface area contributed by atoms with Crippen LogP contribution in [0.5, 0.6) is 5.75 Å². The van der Waals surface area contributed by atoms with Crippen molar-refractivity contribution in [2.24, 2.45) is 0 Å². The highest BCUT2D eigenvalue weighted by Gasteiger charge is 2.31. The second kappa shape index (κ2) is 7.92. The maximum atomic E-state index is 12.5. The summed E-state index contributed by atoms with van der Waals surface area (Å²) in [5.41, 5.74) is 2.24. The molecule has 0 aromatic heterocycles. The second-order valence-electron chi connectivity index (χ2n) is 6.53. The largest absolute Gasteiger partial charge is 0.479 e. The Morgan fingerprint density at radius 3 is 2.63 bits per heavy atom. The maximum absolute atomic E-state index is 12.5. The molecule has 6 nitrogen and oxygen atoms in total. The van der Waals surface area contributed by atoms with Crippen molar-refractivity contribution in [1.29, 1.82) is 5.26 Å². The van der Waals surface area contributed by atoms with Crippen LogP contribution in [0.25, 0.3) is 0 Å². The van der Waals surface area contributed by atoms with E-state index in [0.717, 1.165) is 5.56 Å². The zero-order valence-electron chi connectivity index (χ0n) is 15.4. The number of nitriles is 1. The van der Waals surface area contributed by atoms with E-state index in [0.29, 0.717) is 30.1 Å². The number of anilines is 1. The summed E-state index contributed by atoms with van der Waals surface area (Å²) in [6, 6.07) is 16.6. The molecule has 138 valence electrons. The predicted molar refractivity (Wildman–Crippen MR) is 101 cm³/mol.